The van der Waals surface area contributed by atoms with Gasteiger partial charge in [-0.1, -0.05) is 11.3 Å². The Morgan fingerprint density at radius 3 is 2.65 bits per heavy atom. The number of hydrogen-bond donors (Lipinski definition) is 1. The van der Waals surface area contributed by atoms with Crippen LogP contribution in [0.15, 0.2) is 30.3 Å². The van der Waals surface area contributed by atoms with Crippen LogP contribution in [-0.4, -0.2) is 28.7 Å². The first kappa shape index (κ1) is 18.1. The molecule has 0 spiro atoms. The van der Waals surface area contributed by atoms with Crippen LogP contribution in [0.5, 0.6) is 5.75 Å². The van der Waals surface area contributed by atoms with Gasteiger partial charge in [-0.25, -0.2) is 4.98 Å². The fraction of sp³-hybridized carbons (Fsp3) is 0.235. The molecule has 9 heteroatoms. The SMILES string of the molecule is Cc1ccc(C(=O)Nc2nc3ccc(OCC(F)(F)F)cc3s2)c(C)n1. The van der Waals surface area contributed by atoms with Crippen LogP contribution < -0.4 is 10.1 Å². The summed E-state index contributed by atoms with van der Waals surface area (Å²) in [5, 5.41) is 3.04. The molecule has 0 aliphatic heterocycles. The van der Waals surface area contributed by atoms with Gasteiger partial charge in [0, 0.05) is 5.69 Å². The second kappa shape index (κ2) is 6.91. The molecule has 1 N–H and O–H groups in total. The third-order valence-electron chi connectivity index (χ3n) is 3.45. The number of carbonyl (C=O) groups is 1. The normalized spacial score (nSPS) is 11.6. The van der Waals surface area contributed by atoms with E-state index in [1.54, 1.807) is 25.1 Å². The number of anilines is 1. The van der Waals surface area contributed by atoms with E-state index in [-0.39, 0.29) is 11.7 Å². The second-order valence-electron chi connectivity index (χ2n) is 5.59. The van der Waals surface area contributed by atoms with Gasteiger partial charge >= 0.3 is 6.18 Å². The summed E-state index contributed by atoms with van der Waals surface area (Å²) in [7, 11) is 0. The molecule has 1 aromatic carbocycles. The lowest BCUT2D eigenvalue weighted by Gasteiger charge is -2.08. The predicted octanol–water partition coefficient (Wildman–Crippen LogP) is 4.50. The number of aryl methyl sites for hydroxylation is 2. The number of hydrogen-bond acceptors (Lipinski definition) is 5. The average Bonchev–Trinajstić information content (AvgIpc) is 2.93. The van der Waals surface area contributed by atoms with Crippen molar-refractivity contribution in [3.8, 4) is 5.75 Å². The van der Waals surface area contributed by atoms with Crippen LogP contribution in [0.25, 0.3) is 10.2 Å². The van der Waals surface area contributed by atoms with Gasteiger partial charge in [0.25, 0.3) is 5.91 Å². The molecule has 2 heterocycles. The Morgan fingerprint density at radius 2 is 1.96 bits per heavy atom. The molecule has 5 nitrogen and oxygen atoms in total. The highest BCUT2D eigenvalue weighted by atomic mass is 32.1. The molecule has 0 radical (unpaired) electrons. The first-order chi connectivity index (χ1) is 12.2. The van der Waals surface area contributed by atoms with Crippen LogP contribution in [0.2, 0.25) is 0 Å². The van der Waals surface area contributed by atoms with E-state index < -0.39 is 12.8 Å². The number of fused-ring (bicyclic) bond motifs is 1. The molecule has 1 amide bonds. The first-order valence-electron chi connectivity index (χ1n) is 7.57. The third kappa shape index (κ3) is 4.29. The zero-order valence-corrected chi connectivity index (χ0v) is 14.7. The molecule has 136 valence electrons. The van der Waals surface area contributed by atoms with Crippen molar-refractivity contribution in [3.63, 3.8) is 0 Å². The second-order valence-corrected chi connectivity index (χ2v) is 6.62. The van der Waals surface area contributed by atoms with Gasteiger partial charge in [-0.2, -0.15) is 13.2 Å². The molecular formula is C17H14F3N3O2S. The molecule has 0 aliphatic rings. The quantitative estimate of drug-likeness (QED) is 0.723. The minimum atomic E-state index is -4.40. The highest BCUT2D eigenvalue weighted by molar-refractivity contribution is 7.22. The number of amides is 1. The molecule has 0 bridgehead atoms. The van der Waals surface area contributed by atoms with E-state index in [9.17, 15) is 18.0 Å². The van der Waals surface area contributed by atoms with Gasteiger partial charge in [-0.05, 0) is 44.2 Å². The summed E-state index contributed by atoms with van der Waals surface area (Å²) in [4.78, 5) is 20.9. The van der Waals surface area contributed by atoms with Gasteiger partial charge in [0.05, 0.1) is 21.5 Å². The van der Waals surface area contributed by atoms with Crippen molar-refractivity contribution in [2.45, 2.75) is 20.0 Å². The van der Waals surface area contributed by atoms with Crippen molar-refractivity contribution in [2.24, 2.45) is 0 Å². The number of nitrogens with one attached hydrogen (secondary N) is 1. The summed E-state index contributed by atoms with van der Waals surface area (Å²) >= 11 is 1.15. The molecule has 0 saturated carbocycles. The highest BCUT2D eigenvalue weighted by Crippen LogP contribution is 2.30. The molecule has 0 aliphatic carbocycles. The smallest absolute Gasteiger partial charge is 0.422 e. The number of benzene rings is 1. The molecule has 0 fully saturated rings. The molecule has 3 rings (SSSR count). The molecule has 0 unspecified atom stereocenters. The number of carbonyl (C=O) groups excluding carboxylic acids is 1. The lowest BCUT2D eigenvalue weighted by atomic mass is 10.2. The number of ether oxygens (including phenoxy) is 1. The molecule has 0 saturated heterocycles. The van der Waals surface area contributed by atoms with Crippen molar-refractivity contribution >= 4 is 32.6 Å². The highest BCUT2D eigenvalue weighted by Gasteiger charge is 2.28. The average molecular weight is 381 g/mol. The van der Waals surface area contributed by atoms with Gasteiger partial charge in [-0.15, -0.1) is 0 Å². The van der Waals surface area contributed by atoms with E-state index >= 15 is 0 Å². The van der Waals surface area contributed by atoms with Gasteiger partial charge < -0.3 is 4.74 Å². The Bertz CT molecular complexity index is 970. The molecular weight excluding hydrogens is 367 g/mol. The molecule has 0 atom stereocenters. The maximum Gasteiger partial charge on any atom is 0.422 e. The monoisotopic (exact) mass is 381 g/mol. The fourth-order valence-electron chi connectivity index (χ4n) is 2.30. The summed E-state index contributed by atoms with van der Waals surface area (Å²) in [6, 6.07) is 7.85. The Kier molecular flexibility index (Phi) is 4.82. The van der Waals surface area contributed by atoms with E-state index in [4.69, 9.17) is 4.74 Å². The maximum atomic E-state index is 12.4. The van der Waals surface area contributed by atoms with Gasteiger partial charge in [-0.3, -0.25) is 15.1 Å². The van der Waals surface area contributed by atoms with Crippen molar-refractivity contribution < 1.29 is 22.7 Å². The van der Waals surface area contributed by atoms with Crippen molar-refractivity contribution in [2.75, 3.05) is 11.9 Å². The van der Waals surface area contributed by atoms with Crippen LogP contribution in [0.4, 0.5) is 18.3 Å². The number of pyridine rings is 1. The zero-order chi connectivity index (χ0) is 18.9. The number of rotatable bonds is 4. The molecule has 3 aromatic rings. The Hall–Kier alpha value is -2.68. The number of aromatic nitrogens is 2. The van der Waals surface area contributed by atoms with Gasteiger partial charge in [0.1, 0.15) is 5.75 Å². The van der Waals surface area contributed by atoms with Gasteiger partial charge in [0.2, 0.25) is 0 Å². The lowest BCUT2D eigenvalue weighted by molar-refractivity contribution is -0.153. The maximum absolute atomic E-state index is 12.4. The summed E-state index contributed by atoms with van der Waals surface area (Å²) in [6.07, 6.45) is -4.40. The Balaban J connectivity index is 1.77. The van der Waals surface area contributed by atoms with E-state index in [0.29, 0.717) is 26.6 Å². The van der Waals surface area contributed by atoms with Crippen LogP contribution in [0, 0.1) is 13.8 Å². The lowest BCUT2D eigenvalue weighted by Crippen LogP contribution is -2.19. The Labute approximate surface area is 150 Å². The fourth-order valence-corrected chi connectivity index (χ4v) is 3.19. The zero-order valence-electron chi connectivity index (χ0n) is 13.8. The number of nitrogens with zero attached hydrogens (tertiary/aromatic N) is 2. The third-order valence-corrected chi connectivity index (χ3v) is 4.39. The van der Waals surface area contributed by atoms with E-state index in [0.717, 1.165) is 17.0 Å². The number of thiazole rings is 1. The summed E-state index contributed by atoms with van der Waals surface area (Å²) in [5.74, 6) is -0.252. The molecule has 26 heavy (non-hydrogen) atoms. The Morgan fingerprint density at radius 1 is 1.19 bits per heavy atom. The topological polar surface area (TPSA) is 64.1 Å². The van der Waals surface area contributed by atoms with E-state index in [2.05, 4.69) is 15.3 Å². The van der Waals surface area contributed by atoms with Crippen molar-refractivity contribution in [3.05, 3.63) is 47.3 Å². The predicted molar refractivity (Wildman–Crippen MR) is 92.8 cm³/mol. The first-order valence-corrected chi connectivity index (χ1v) is 8.39. The standard InChI is InChI=1S/C17H14F3N3O2S/c1-9-3-5-12(10(2)21-9)15(24)23-16-22-13-6-4-11(7-14(13)26-16)25-8-17(18,19)20/h3-7H,8H2,1-2H3,(H,22,23,24). The van der Waals surface area contributed by atoms with E-state index in [1.165, 1.54) is 12.1 Å². The minimum absolute atomic E-state index is 0.0925. The van der Waals surface area contributed by atoms with Crippen LogP contribution >= 0.6 is 11.3 Å². The number of halogens is 3. The summed E-state index contributed by atoms with van der Waals surface area (Å²) in [6.45, 7) is 2.21. The van der Waals surface area contributed by atoms with Crippen molar-refractivity contribution in [1.29, 1.82) is 0 Å². The number of alkyl halides is 3. The van der Waals surface area contributed by atoms with Crippen LogP contribution in [0.3, 0.4) is 0 Å². The van der Waals surface area contributed by atoms with E-state index in [1.807, 2.05) is 6.92 Å². The minimum Gasteiger partial charge on any atom is -0.484 e. The van der Waals surface area contributed by atoms with Gasteiger partial charge in [0.15, 0.2) is 11.7 Å². The van der Waals surface area contributed by atoms with Crippen molar-refractivity contribution in [1.82, 2.24) is 9.97 Å². The van der Waals surface area contributed by atoms with Crippen LogP contribution in [-0.2, 0) is 0 Å². The summed E-state index contributed by atoms with van der Waals surface area (Å²) in [5.41, 5.74) is 2.41. The largest absolute Gasteiger partial charge is 0.484 e. The summed E-state index contributed by atoms with van der Waals surface area (Å²) < 4.78 is 42.0. The van der Waals surface area contributed by atoms with Crippen LogP contribution in [0.1, 0.15) is 21.7 Å². The molecule has 2 aromatic heterocycles.